The first-order chi connectivity index (χ1) is 14.6. The number of alkyl halides is 3. The Morgan fingerprint density at radius 1 is 1.06 bits per heavy atom. The zero-order chi connectivity index (χ0) is 24.3. The molecule has 0 spiro atoms. The van der Waals surface area contributed by atoms with E-state index in [0.29, 0.717) is 5.56 Å². The normalized spacial score (nSPS) is 12.7. The molecule has 0 saturated heterocycles. The molecule has 2 aromatic carbocycles. The minimum absolute atomic E-state index is 0.109. The number of halogens is 3. The minimum atomic E-state index is -4.64. The van der Waals surface area contributed by atoms with Gasteiger partial charge in [0.2, 0.25) is 10.0 Å². The van der Waals surface area contributed by atoms with Crippen molar-refractivity contribution < 1.29 is 39.5 Å². The van der Waals surface area contributed by atoms with E-state index in [1.54, 1.807) is 18.6 Å². The second-order valence-corrected chi connectivity index (χ2v) is 10.3. The topological polar surface area (TPSA) is 133 Å². The van der Waals surface area contributed by atoms with Crippen molar-refractivity contribution >= 4 is 26.0 Å². The van der Waals surface area contributed by atoms with Crippen LogP contribution in [0.2, 0.25) is 0 Å². The zero-order valence-electron chi connectivity index (χ0n) is 17.0. The fourth-order valence-corrected chi connectivity index (χ4v) is 5.21. The fourth-order valence-electron chi connectivity index (χ4n) is 2.86. The van der Waals surface area contributed by atoms with Gasteiger partial charge in [-0.3, -0.25) is 4.79 Å². The smallest absolute Gasteiger partial charge is 0.367 e. The van der Waals surface area contributed by atoms with Crippen LogP contribution in [0, 0.1) is 0 Å². The molecule has 0 radical (unpaired) electrons. The molecule has 0 heterocycles. The van der Waals surface area contributed by atoms with Crippen molar-refractivity contribution in [3.05, 3.63) is 59.2 Å². The third kappa shape index (κ3) is 6.76. The predicted octanol–water partition coefficient (Wildman–Crippen LogP) is 2.66. The van der Waals surface area contributed by atoms with Crippen molar-refractivity contribution in [1.29, 1.82) is 0 Å². The average molecular weight is 495 g/mol. The van der Waals surface area contributed by atoms with Gasteiger partial charge in [0.25, 0.3) is 15.9 Å². The summed E-state index contributed by atoms with van der Waals surface area (Å²) >= 11 is 0. The summed E-state index contributed by atoms with van der Waals surface area (Å²) < 4.78 is 92.2. The highest BCUT2D eigenvalue weighted by molar-refractivity contribution is 7.92. The molecule has 13 heteroatoms. The second-order valence-electron chi connectivity index (χ2n) is 7.10. The SMILES string of the molecule is CC(C)c1ccc(C(=O)NS(=O)(=O)c2ccccc2S(N)(=O)=O)cc1COCC(F)(F)F. The molecule has 0 aliphatic carbocycles. The van der Waals surface area contributed by atoms with Gasteiger partial charge in [-0.2, -0.15) is 13.2 Å². The summed E-state index contributed by atoms with van der Waals surface area (Å²) in [5.74, 6) is -1.22. The Kier molecular flexibility index (Phi) is 7.71. The number of carbonyl (C=O) groups is 1. The number of primary sulfonamides is 1. The van der Waals surface area contributed by atoms with E-state index in [2.05, 4.69) is 4.74 Å². The van der Waals surface area contributed by atoms with Gasteiger partial charge in [-0.05, 0) is 41.3 Å². The maximum atomic E-state index is 12.6. The molecule has 0 aromatic heterocycles. The number of nitrogens with one attached hydrogen (secondary N) is 1. The summed E-state index contributed by atoms with van der Waals surface area (Å²) in [5, 5.41) is 5.04. The molecule has 0 aliphatic rings. The monoisotopic (exact) mass is 494 g/mol. The van der Waals surface area contributed by atoms with Crippen LogP contribution in [0.25, 0.3) is 0 Å². The van der Waals surface area contributed by atoms with Crippen molar-refractivity contribution in [1.82, 2.24) is 4.72 Å². The highest BCUT2D eigenvalue weighted by Crippen LogP contribution is 2.24. The standard InChI is InChI=1S/C19H21F3N2O6S2/c1-12(2)15-8-7-13(9-14(15)10-30-11-19(20,21)22)18(25)24-32(28,29)17-6-4-3-5-16(17)31(23,26)27/h3-9,12H,10-11H2,1-2H3,(H,24,25)(H2,23,26,27). The Hall–Kier alpha value is -2.48. The highest BCUT2D eigenvalue weighted by atomic mass is 32.2. The van der Waals surface area contributed by atoms with Gasteiger partial charge >= 0.3 is 6.18 Å². The van der Waals surface area contributed by atoms with Crippen LogP contribution in [-0.2, 0) is 31.4 Å². The highest BCUT2D eigenvalue weighted by Gasteiger charge is 2.28. The first-order valence-corrected chi connectivity index (χ1v) is 12.1. The van der Waals surface area contributed by atoms with Gasteiger partial charge in [0, 0.05) is 5.56 Å². The van der Waals surface area contributed by atoms with E-state index in [0.717, 1.165) is 12.1 Å². The summed E-state index contributed by atoms with van der Waals surface area (Å²) in [6.07, 6.45) is -4.53. The number of ether oxygens (including phenoxy) is 1. The lowest BCUT2D eigenvalue weighted by Gasteiger charge is -2.16. The summed E-state index contributed by atoms with van der Waals surface area (Å²) in [4.78, 5) is 11.2. The maximum absolute atomic E-state index is 12.6. The molecule has 2 rings (SSSR count). The van der Waals surface area contributed by atoms with Crippen molar-refractivity contribution in [2.45, 2.75) is 42.3 Å². The number of carbonyl (C=O) groups excluding carboxylic acids is 1. The van der Waals surface area contributed by atoms with E-state index < -0.39 is 55.1 Å². The van der Waals surface area contributed by atoms with Gasteiger partial charge in [-0.1, -0.05) is 32.0 Å². The van der Waals surface area contributed by atoms with Gasteiger partial charge in [0.1, 0.15) is 16.4 Å². The van der Waals surface area contributed by atoms with Crippen LogP contribution >= 0.6 is 0 Å². The molecular formula is C19H21F3N2O6S2. The van der Waals surface area contributed by atoms with E-state index in [-0.39, 0.29) is 17.0 Å². The molecule has 32 heavy (non-hydrogen) atoms. The summed E-state index contributed by atoms with van der Waals surface area (Å²) in [7, 11) is -9.04. The number of sulfonamides is 2. The quantitative estimate of drug-likeness (QED) is 0.580. The summed E-state index contributed by atoms with van der Waals surface area (Å²) in [5.41, 5.74) is 0.724. The van der Waals surface area contributed by atoms with Gasteiger partial charge in [-0.25, -0.2) is 26.7 Å². The van der Waals surface area contributed by atoms with Crippen molar-refractivity contribution in [2.75, 3.05) is 6.61 Å². The summed E-state index contributed by atoms with van der Waals surface area (Å²) in [6, 6.07) is 8.47. The van der Waals surface area contributed by atoms with Crippen LogP contribution in [0.3, 0.4) is 0 Å². The zero-order valence-corrected chi connectivity index (χ0v) is 18.6. The molecule has 176 valence electrons. The molecule has 0 aliphatic heterocycles. The Bertz CT molecular complexity index is 1210. The van der Waals surface area contributed by atoms with Crippen LogP contribution in [-0.4, -0.2) is 35.5 Å². The predicted molar refractivity (Wildman–Crippen MR) is 109 cm³/mol. The minimum Gasteiger partial charge on any atom is -0.367 e. The number of nitrogens with two attached hydrogens (primary N) is 1. The van der Waals surface area contributed by atoms with E-state index in [1.165, 1.54) is 30.3 Å². The van der Waals surface area contributed by atoms with Crippen molar-refractivity contribution in [3.8, 4) is 0 Å². The second kappa shape index (κ2) is 9.57. The number of rotatable bonds is 8. The Labute approximate surface area is 183 Å². The first kappa shape index (κ1) is 25.8. The van der Waals surface area contributed by atoms with Gasteiger partial charge in [-0.15, -0.1) is 0 Å². The number of hydrogen-bond acceptors (Lipinski definition) is 6. The molecule has 8 nitrogen and oxygen atoms in total. The van der Waals surface area contributed by atoms with Crippen molar-refractivity contribution in [3.63, 3.8) is 0 Å². The Morgan fingerprint density at radius 3 is 2.19 bits per heavy atom. The molecule has 0 saturated carbocycles. The molecule has 0 atom stereocenters. The molecule has 1 amide bonds. The summed E-state index contributed by atoms with van der Waals surface area (Å²) in [6.45, 7) is 1.64. The number of amides is 1. The molecule has 0 unspecified atom stereocenters. The third-order valence-electron chi connectivity index (χ3n) is 4.22. The van der Waals surface area contributed by atoms with E-state index in [4.69, 9.17) is 5.14 Å². The molecule has 0 fully saturated rings. The first-order valence-electron chi connectivity index (χ1n) is 9.08. The lowest BCUT2D eigenvalue weighted by molar-refractivity contribution is -0.176. The molecular weight excluding hydrogens is 473 g/mol. The number of benzene rings is 2. The fraction of sp³-hybridized carbons (Fsp3) is 0.316. The average Bonchev–Trinajstić information content (AvgIpc) is 2.65. The third-order valence-corrected chi connectivity index (χ3v) is 6.71. The lowest BCUT2D eigenvalue weighted by atomic mass is 9.95. The van der Waals surface area contributed by atoms with Gasteiger partial charge in [0.15, 0.2) is 0 Å². The number of hydrogen-bond donors (Lipinski definition) is 2. The Morgan fingerprint density at radius 2 is 1.66 bits per heavy atom. The van der Waals surface area contributed by atoms with Gasteiger partial charge < -0.3 is 4.74 Å². The van der Waals surface area contributed by atoms with Crippen LogP contribution in [0.15, 0.2) is 52.3 Å². The molecule has 3 N–H and O–H groups in total. The van der Waals surface area contributed by atoms with Crippen LogP contribution < -0.4 is 9.86 Å². The van der Waals surface area contributed by atoms with E-state index >= 15 is 0 Å². The van der Waals surface area contributed by atoms with Gasteiger partial charge in [0.05, 0.1) is 6.61 Å². The van der Waals surface area contributed by atoms with Crippen LogP contribution in [0.4, 0.5) is 13.2 Å². The lowest BCUT2D eigenvalue weighted by Crippen LogP contribution is -2.32. The largest absolute Gasteiger partial charge is 0.411 e. The van der Waals surface area contributed by atoms with Crippen molar-refractivity contribution in [2.24, 2.45) is 5.14 Å². The van der Waals surface area contributed by atoms with E-state index in [1.807, 2.05) is 0 Å². The van der Waals surface area contributed by atoms with E-state index in [9.17, 15) is 34.8 Å². The maximum Gasteiger partial charge on any atom is 0.411 e. The molecule has 2 aromatic rings. The van der Waals surface area contributed by atoms with Crippen LogP contribution in [0.5, 0.6) is 0 Å². The molecule has 0 bridgehead atoms. The Balaban J connectivity index is 2.35. The van der Waals surface area contributed by atoms with Crippen LogP contribution in [0.1, 0.15) is 41.3 Å².